The number of rotatable bonds is 3. The third-order valence-corrected chi connectivity index (χ3v) is 2.58. The van der Waals surface area contributed by atoms with Crippen LogP contribution in [0.3, 0.4) is 0 Å². The van der Waals surface area contributed by atoms with Crippen molar-refractivity contribution < 1.29 is 18.7 Å². The van der Waals surface area contributed by atoms with Gasteiger partial charge in [0.25, 0.3) is 0 Å². The Bertz CT molecular complexity index is 447. The Balaban J connectivity index is 1.93. The van der Waals surface area contributed by atoms with E-state index in [4.69, 9.17) is 4.74 Å². The molecule has 0 radical (unpaired) electrons. The van der Waals surface area contributed by atoms with Gasteiger partial charge in [0.1, 0.15) is 11.9 Å². The second-order valence-corrected chi connectivity index (χ2v) is 3.84. The first-order valence-electron chi connectivity index (χ1n) is 5.36. The van der Waals surface area contributed by atoms with Crippen molar-refractivity contribution in [3.63, 3.8) is 0 Å². The van der Waals surface area contributed by atoms with Gasteiger partial charge in [-0.3, -0.25) is 4.79 Å². The van der Waals surface area contributed by atoms with E-state index < -0.39 is 17.8 Å². The Labute approximate surface area is 97.8 Å². The number of carbonyl (C=O) groups is 2. The average Bonchev–Trinajstić information content (AvgIpc) is 2.68. The van der Waals surface area contributed by atoms with Crippen molar-refractivity contribution in [2.45, 2.75) is 18.9 Å². The summed E-state index contributed by atoms with van der Waals surface area (Å²) in [5.41, 5.74) is 0.316. The minimum absolute atomic E-state index is 0.0730. The van der Waals surface area contributed by atoms with Gasteiger partial charge in [0.15, 0.2) is 0 Å². The van der Waals surface area contributed by atoms with Crippen LogP contribution in [-0.2, 0) is 20.7 Å². The molecule has 1 atom stereocenters. The summed E-state index contributed by atoms with van der Waals surface area (Å²) < 4.78 is 18.0. The van der Waals surface area contributed by atoms with Gasteiger partial charge in [0, 0.05) is 6.42 Å². The van der Waals surface area contributed by atoms with Crippen molar-refractivity contribution in [1.82, 2.24) is 5.32 Å². The highest BCUT2D eigenvalue weighted by molar-refractivity contribution is 5.86. The quantitative estimate of drug-likeness (QED) is 0.791. The van der Waals surface area contributed by atoms with Crippen LogP contribution >= 0.6 is 0 Å². The smallest absolute Gasteiger partial charge is 0.328 e. The topological polar surface area (TPSA) is 55.4 Å². The largest absolute Gasteiger partial charge is 0.464 e. The molecule has 1 aromatic rings. The van der Waals surface area contributed by atoms with Crippen LogP contribution in [0.2, 0.25) is 0 Å². The van der Waals surface area contributed by atoms with Crippen LogP contribution < -0.4 is 5.32 Å². The minimum atomic E-state index is -0.589. The van der Waals surface area contributed by atoms with Gasteiger partial charge in [0.05, 0.1) is 13.0 Å². The lowest BCUT2D eigenvalue weighted by atomic mass is 10.1. The lowest BCUT2D eigenvalue weighted by Gasteiger charge is -2.09. The van der Waals surface area contributed by atoms with Crippen LogP contribution in [0.1, 0.15) is 12.0 Å². The summed E-state index contributed by atoms with van der Waals surface area (Å²) in [5, 5.41) is 2.52. The van der Waals surface area contributed by atoms with Crippen molar-refractivity contribution in [3.8, 4) is 0 Å². The van der Waals surface area contributed by atoms with E-state index in [-0.39, 0.29) is 12.3 Å². The predicted molar refractivity (Wildman–Crippen MR) is 57.6 cm³/mol. The molecular weight excluding hydrogens is 225 g/mol. The Morgan fingerprint density at radius 2 is 2.24 bits per heavy atom. The highest BCUT2D eigenvalue weighted by Crippen LogP contribution is 2.09. The molecule has 0 saturated carbocycles. The molecule has 0 unspecified atom stereocenters. The molecular formula is C12H12FNO3. The van der Waals surface area contributed by atoms with Crippen LogP contribution in [-0.4, -0.2) is 24.5 Å². The molecule has 1 amide bonds. The third-order valence-electron chi connectivity index (χ3n) is 2.58. The number of benzene rings is 1. The van der Waals surface area contributed by atoms with Crippen molar-refractivity contribution in [2.75, 3.05) is 6.61 Å². The van der Waals surface area contributed by atoms with Crippen LogP contribution in [0, 0.1) is 5.82 Å². The monoisotopic (exact) mass is 237 g/mol. The van der Waals surface area contributed by atoms with E-state index in [9.17, 15) is 14.0 Å². The number of hydrogen-bond acceptors (Lipinski definition) is 3. The molecule has 1 saturated heterocycles. The van der Waals surface area contributed by atoms with Crippen molar-refractivity contribution in [3.05, 3.63) is 35.6 Å². The second kappa shape index (κ2) is 4.95. The van der Waals surface area contributed by atoms with Crippen molar-refractivity contribution >= 4 is 11.9 Å². The Morgan fingerprint density at radius 1 is 1.47 bits per heavy atom. The van der Waals surface area contributed by atoms with Gasteiger partial charge in [-0.25, -0.2) is 9.18 Å². The van der Waals surface area contributed by atoms with Gasteiger partial charge in [0.2, 0.25) is 5.91 Å². The Kier molecular flexibility index (Phi) is 3.37. The number of esters is 1. The average molecular weight is 237 g/mol. The molecule has 1 N–H and O–H groups in total. The van der Waals surface area contributed by atoms with Gasteiger partial charge in [-0.05, 0) is 11.6 Å². The molecule has 0 bridgehead atoms. The highest BCUT2D eigenvalue weighted by atomic mass is 19.1. The van der Waals surface area contributed by atoms with Gasteiger partial charge in [-0.2, -0.15) is 0 Å². The maximum Gasteiger partial charge on any atom is 0.328 e. The molecule has 17 heavy (non-hydrogen) atoms. The summed E-state index contributed by atoms with van der Waals surface area (Å²) in [7, 11) is 0. The molecule has 90 valence electrons. The van der Waals surface area contributed by atoms with Gasteiger partial charge in [-0.15, -0.1) is 0 Å². The number of hydrogen-bond donors (Lipinski definition) is 1. The molecule has 1 aliphatic rings. The van der Waals surface area contributed by atoms with Crippen LogP contribution in [0.4, 0.5) is 4.39 Å². The molecule has 1 heterocycles. The summed E-state index contributed by atoms with van der Waals surface area (Å²) in [6.07, 6.45) is 0.401. The lowest BCUT2D eigenvalue weighted by molar-refractivity contribution is -0.141. The minimum Gasteiger partial charge on any atom is -0.464 e. The molecule has 5 heteroatoms. The first kappa shape index (κ1) is 11.6. The molecule has 4 nitrogen and oxygen atoms in total. The van der Waals surface area contributed by atoms with E-state index in [1.54, 1.807) is 18.2 Å². The highest BCUT2D eigenvalue weighted by Gasteiger charge is 2.27. The summed E-state index contributed by atoms with van der Waals surface area (Å²) in [6, 6.07) is 5.48. The number of amides is 1. The van der Waals surface area contributed by atoms with Crippen molar-refractivity contribution in [2.24, 2.45) is 0 Å². The molecule has 0 aromatic heterocycles. The van der Waals surface area contributed by atoms with Crippen LogP contribution in [0.25, 0.3) is 0 Å². The molecule has 0 aliphatic carbocycles. The van der Waals surface area contributed by atoms with Gasteiger partial charge in [-0.1, -0.05) is 18.2 Å². The van der Waals surface area contributed by atoms with E-state index in [1.807, 2.05) is 0 Å². The SMILES string of the molecule is O=C(Cc1ccccc1F)N[C@@H]1CCOC1=O. The predicted octanol–water partition coefficient (Wildman–Crippen LogP) is 0.800. The standard InChI is InChI=1S/C12H12FNO3/c13-9-4-2-1-3-8(9)7-11(15)14-10-5-6-17-12(10)16/h1-4,10H,5-7H2,(H,14,15)/t10-/m1/s1. The van der Waals surface area contributed by atoms with Gasteiger partial charge >= 0.3 is 5.97 Å². The van der Waals surface area contributed by atoms with Crippen LogP contribution in [0.5, 0.6) is 0 Å². The zero-order chi connectivity index (χ0) is 12.3. The molecule has 1 aliphatic heterocycles. The second-order valence-electron chi connectivity index (χ2n) is 3.84. The zero-order valence-electron chi connectivity index (χ0n) is 9.11. The number of cyclic esters (lactones) is 1. The maximum absolute atomic E-state index is 13.3. The van der Waals surface area contributed by atoms with E-state index in [0.29, 0.717) is 18.6 Å². The fourth-order valence-electron chi connectivity index (χ4n) is 1.69. The lowest BCUT2D eigenvalue weighted by Crippen LogP contribution is -2.38. The van der Waals surface area contributed by atoms with Gasteiger partial charge < -0.3 is 10.1 Å². The fourth-order valence-corrected chi connectivity index (χ4v) is 1.69. The number of halogens is 1. The normalized spacial score (nSPS) is 18.9. The summed E-state index contributed by atoms with van der Waals surface area (Å²) in [6.45, 7) is 0.323. The first-order chi connectivity index (χ1) is 8.16. The zero-order valence-corrected chi connectivity index (χ0v) is 9.11. The summed E-state index contributed by atoms with van der Waals surface area (Å²) in [5.74, 6) is -1.22. The number of nitrogens with one attached hydrogen (secondary N) is 1. The Hall–Kier alpha value is -1.91. The van der Waals surface area contributed by atoms with E-state index >= 15 is 0 Å². The molecule has 1 fully saturated rings. The molecule has 1 aromatic carbocycles. The number of carbonyl (C=O) groups excluding carboxylic acids is 2. The maximum atomic E-state index is 13.3. The van der Waals surface area contributed by atoms with E-state index in [0.717, 1.165) is 0 Å². The van der Waals surface area contributed by atoms with E-state index in [1.165, 1.54) is 6.07 Å². The summed E-state index contributed by atoms with van der Waals surface area (Å²) in [4.78, 5) is 22.7. The molecule has 2 rings (SSSR count). The fraction of sp³-hybridized carbons (Fsp3) is 0.333. The van der Waals surface area contributed by atoms with Crippen molar-refractivity contribution in [1.29, 1.82) is 0 Å². The molecule has 0 spiro atoms. The van der Waals surface area contributed by atoms with Crippen LogP contribution in [0.15, 0.2) is 24.3 Å². The Morgan fingerprint density at radius 3 is 2.88 bits per heavy atom. The third kappa shape index (κ3) is 2.81. The number of ether oxygens (including phenoxy) is 1. The summed E-state index contributed by atoms with van der Waals surface area (Å²) >= 11 is 0. The van der Waals surface area contributed by atoms with E-state index in [2.05, 4.69) is 5.32 Å². The first-order valence-corrected chi connectivity index (χ1v) is 5.36.